The Morgan fingerprint density at radius 1 is 1.21 bits per heavy atom. The summed E-state index contributed by atoms with van der Waals surface area (Å²) in [6.07, 6.45) is 6.47. The Hall–Kier alpha value is -3.18. The second kappa shape index (κ2) is 9.34. The molecule has 5 nitrogen and oxygen atoms in total. The highest BCUT2D eigenvalue weighted by molar-refractivity contribution is 6.19. The number of carbonyl (C=O) groups excluding carboxylic acids is 1. The van der Waals surface area contributed by atoms with Gasteiger partial charge in [-0.05, 0) is 31.2 Å². The topological polar surface area (TPSA) is 64.0 Å². The Kier molecular flexibility index (Phi) is 6.62. The van der Waals surface area contributed by atoms with E-state index in [0.29, 0.717) is 17.5 Å². The zero-order valence-corrected chi connectivity index (χ0v) is 17.1. The fourth-order valence-corrected chi connectivity index (χ4v) is 3.26. The fourth-order valence-electron chi connectivity index (χ4n) is 3.17. The van der Waals surface area contributed by atoms with E-state index < -0.39 is 0 Å². The van der Waals surface area contributed by atoms with Crippen molar-refractivity contribution in [3.05, 3.63) is 99.8 Å². The number of allylic oxidation sites excluding steroid dienone is 3. The Morgan fingerprint density at radius 2 is 2.00 bits per heavy atom. The Bertz CT molecular complexity index is 1160. The van der Waals surface area contributed by atoms with Crippen molar-refractivity contribution in [2.75, 3.05) is 12.9 Å². The van der Waals surface area contributed by atoms with Gasteiger partial charge in [0.15, 0.2) is 5.78 Å². The van der Waals surface area contributed by atoms with Crippen molar-refractivity contribution >= 4 is 28.3 Å². The molecule has 2 aromatic heterocycles. The number of alkyl halides is 1. The number of benzene rings is 1. The fraction of sp³-hybridized carbons (Fsp3) is 0.174. The molecular weight excluding hydrogens is 386 g/mol. The van der Waals surface area contributed by atoms with Crippen LogP contribution in [0.5, 0.6) is 0 Å². The molecule has 0 bridgehead atoms. The molecule has 0 saturated carbocycles. The van der Waals surface area contributed by atoms with E-state index in [2.05, 4.69) is 10.3 Å². The van der Waals surface area contributed by atoms with Crippen LogP contribution in [0.1, 0.15) is 21.7 Å². The van der Waals surface area contributed by atoms with Gasteiger partial charge in [0.25, 0.3) is 0 Å². The summed E-state index contributed by atoms with van der Waals surface area (Å²) < 4.78 is 1.90. The number of pyridine rings is 2. The molecule has 0 aliphatic heterocycles. The SMILES string of the molecule is CN/C=C(\C=C/CCl)C(=O)c1cn(Cc2cccc(C)n2)c2ccccc2c1=O. The van der Waals surface area contributed by atoms with Crippen molar-refractivity contribution in [1.82, 2.24) is 14.9 Å². The summed E-state index contributed by atoms with van der Waals surface area (Å²) in [6, 6.07) is 13.1. The number of Topliss-reactive ketones (excluding diaryl/α,β-unsaturated/α-hetero) is 1. The number of rotatable bonds is 7. The van der Waals surface area contributed by atoms with Gasteiger partial charge in [-0.3, -0.25) is 14.6 Å². The Labute approximate surface area is 174 Å². The van der Waals surface area contributed by atoms with Gasteiger partial charge in [-0.1, -0.05) is 30.4 Å². The van der Waals surface area contributed by atoms with E-state index in [0.717, 1.165) is 16.9 Å². The second-order valence-corrected chi connectivity index (χ2v) is 6.87. The number of fused-ring (bicyclic) bond motifs is 1. The first-order valence-electron chi connectivity index (χ1n) is 9.24. The normalized spacial score (nSPS) is 11.9. The van der Waals surface area contributed by atoms with E-state index in [-0.39, 0.29) is 22.7 Å². The molecule has 0 saturated heterocycles. The predicted octanol–water partition coefficient (Wildman–Crippen LogP) is 3.83. The molecule has 3 aromatic rings. The van der Waals surface area contributed by atoms with Crippen LogP contribution in [-0.4, -0.2) is 28.3 Å². The summed E-state index contributed by atoms with van der Waals surface area (Å²) in [6.45, 7) is 2.38. The summed E-state index contributed by atoms with van der Waals surface area (Å²) >= 11 is 5.72. The second-order valence-electron chi connectivity index (χ2n) is 6.56. The molecule has 0 radical (unpaired) electrons. The zero-order chi connectivity index (χ0) is 20.8. The van der Waals surface area contributed by atoms with Crippen LogP contribution in [0.4, 0.5) is 0 Å². The van der Waals surface area contributed by atoms with E-state index >= 15 is 0 Å². The van der Waals surface area contributed by atoms with Crippen molar-refractivity contribution in [3.8, 4) is 0 Å². The molecule has 2 heterocycles. The van der Waals surface area contributed by atoms with Crippen molar-refractivity contribution < 1.29 is 4.79 Å². The third kappa shape index (κ3) is 4.63. The monoisotopic (exact) mass is 407 g/mol. The van der Waals surface area contributed by atoms with Gasteiger partial charge in [0.05, 0.1) is 23.3 Å². The van der Waals surface area contributed by atoms with Crippen LogP contribution >= 0.6 is 11.6 Å². The maximum Gasteiger partial charge on any atom is 0.200 e. The minimum Gasteiger partial charge on any atom is -0.393 e. The lowest BCUT2D eigenvalue weighted by Gasteiger charge is -2.13. The van der Waals surface area contributed by atoms with Crippen LogP contribution in [0.3, 0.4) is 0 Å². The molecule has 29 heavy (non-hydrogen) atoms. The minimum atomic E-state index is -0.359. The van der Waals surface area contributed by atoms with Crippen LogP contribution in [-0.2, 0) is 6.54 Å². The Balaban J connectivity index is 2.17. The lowest BCUT2D eigenvalue weighted by Crippen LogP contribution is -2.21. The number of aryl methyl sites for hydroxylation is 1. The standard InChI is InChI=1S/C23H22ClN3O2/c1-16-7-5-9-18(26-16)14-27-15-20(22(28)17(13-25-2)8-6-12-24)23(29)19-10-3-4-11-21(19)27/h3-11,13,15,25H,12,14H2,1-2H3/b8-6-,17-13+. The molecule has 6 heteroatoms. The van der Waals surface area contributed by atoms with Gasteiger partial charge in [0.1, 0.15) is 0 Å². The van der Waals surface area contributed by atoms with Crippen LogP contribution in [0.25, 0.3) is 10.9 Å². The molecule has 0 aliphatic rings. The van der Waals surface area contributed by atoms with E-state index in [1.54, 1.807) is 43.7 Å². The number of hydrogen-bond acceptors (Lipinski definition) is 4. The summed E-state index contributed by atoms with van der Waals surface area (Å²) in [5.41, 5.74) is 2.70. The first-order valence-corrected chi connectivity index (χ1v) is 9.78. The van der Waals surface area contributed by atoms with E-state index in [1.165, 1.54) is 0 Å². The maximum atomic E-state index is 13.1. The summed E-state index contributed by atoms with van der Waals surface area (Å²) in [4.78, 5) is 30.7. The molecule has 0 spiro atoms. The van der Waals surface area contributed by atoms with Crippen molar-refractivity contribution in [2.24, 2.45) is 0 Å². The van der Waals surface area contributed by atoms with Gasteiger partial charge < -0.3 is 9.88 Å². The van der Waals surface area contributed by atoms with Crippen molar-refractivity contribution in [2.45, 2.75) is 13.5 Å². The third-order valence-electron chi connectivity index (χ3n) is 4.46. The lowest BCUT2D eigenvalue weighted by atomic mass is 10.0. The summed E-state index contributed by atoms with van der Waals surface area (Å²) in [5, 5.41) is 3.35. The van der Waals surface area contributed by atoms with Gasteiger partial charge >= 0.3 is 0 Å². The molecule has 3 rings (SSSR count). The highest BCUT2D eigenvalue weighted by Crippen LogP contribution is 2.16. The molecule has 0 amide bonds. The first kappa shape index (κ1) is 20.6. The molecule has 0 unspecified atom stereocenters. The van der Waals surface area contributed by atoms with Gasteiger partial charge in [-0.15, -0.1) is 11.6 Å². The largest absolute Gasteiger partial charge is 0.393 e. The van der Waals surface area contributed by atoms with Gasteiger partial charge in [0, 0.05) is 42.0 Å². The van der Waals surface area contributed by atoms with Gasteiger partial charge in [-0.25, -0.2) is 0 Å². The van der Waals surface area contributed by atoms with E-state index in [4.69, 9.17) is 11.6 Å². The number of nitrogens with one attached hydrogen (secondary N) is 1. The van der Waals surface area contributed by atoms with E-state index in [1.807, 2.05) is 41.8 Å². The number of halogens is 1. The van der Waals surface area contributed by atoms with Crippen molar-refractivity contribution in [1.29, 1.82) is 0 Å². The molecule has 0 aliphatic carbocycles. The highest BCUT2D eigenvalue weighted by Gasteiger charge is 2.18. The van der Waals surface area contributed by atoms with E-state index in [9.17, 15) is 9.59 Å². The molecule has 0 atom stereocenters. The van der Waals surface area contributed by atoms with Gasteiger partial charge in [-0.2, -0.15) is 0 Å². The minimum absolute atomic E-state index is 0.108. The number of para-hydroxylation sites is 1. The summed E-state index contributed by atoms with van der Waals surface area (Å²) in [5.74, 6) is -0.0857. The number of carbonyl (C=O) groups is 1. The van der Waals surface area contributed by atoms with Crippen LogP contribution in [0.15, 0.2) is 77.4 Å². The molecule has 1 aromatic carbocycles. The highest BCUT2D eigenvalue weighted by atomic mass is 35.5. The smallest absolute Gasteiger partial charge is 0.200 e. The maximum absolute atomic E-state index is 13.1. The molecule has 0 fully saturated rings. The van der Waals surface area contributed by atoms with Crippen LogP contribution < -0.4 is 10.7 Å². The molecular formula is C23H22ClN3O2. The number of aromatic nitrogens is 2. The lowest BCUT2D eigenvalue weighted by molar-refractivity contribution is 0.103. The predicted molar refractivity (Wildman–Crippen MR) is 118 cm³/mol. The van der Waals surface area contributed by atoms with Crippen LogP contribution in [0.2, 0.25) is 0 Å². The third-order valence-corrected chi connectivity index (χ3v) is 4.64. The number of ketones is 1. The molecule has 148 valence electrons. The molecule has 1 N–H and O–H groups in total. The Morgan fingerprint density at radius 3 is 2.72 bits per heavy atom. The summed E-state index contributed by atoms with van der Waals surface area (Å²) in [7, 11) is 1.70. The van der Waals surface area contributed by atoms with Gasteiger partial charge in [0.2, 0.25) is 5.43 Å². The quantitative estimate of drug-likeness (QED) is 0.280. The zero-order valence-electron chi connectivity index (χ0n) is 16.4. The van der Waals surface area contributed by atoms with Crippen molar-refractivity contribution in [3.63, 3.8) is 0 Å². The van der Waals surface area contributed by atoms with Crippen LogP contribution in [0, 0.1) is 6.92 Å². The first-order chi connectivity index (χ1) is 14.0. The number of hydrogen-bond donors (Lipinski definition) is 1. The average molecular weight is 408 g/mol. The average Bonchev–Trinajstić information content (AvgIpc) is 2.73. The number of nitrogens with zero attached hydrogens (tertiary/aromatic N) is 2.